The van der Waals surface area contributed by atoms with Gasteiger partial charge in [-0.2, -0.15) is 0 Å². The summed E-state index contributed by atoms with van der Waals surface area (Å²) in [5.74, 6) is 0.422. The van der Waals surface area contributed by atoms with Crippen LogP contribution in [0.25, 0.3) is 0 Å². The van der Waals surface area contributed by atoms with Crippen LogP contribution in [0.4, 0.5) is 5.69 Å². The minimum atomic E-state index is -3.06. The van der Waals surface area contributed by atoms with E-state index in [0.29, 0.717) is 36.8 Å². The van der Waals surface area contributed by atoms with Gasteiger partial charge in [-0.3, -0.25) is 9.59 Å². The number of fused-ring (bicyclic) bond motifs is 1. The first-order valence-corrected chi connectivity index (χ1v) is 10.4. The summed E-state index contributed by atoms with van der Waals surface area (Å²) in [6.07, 6.45) is 0.542. The van der Waals surface area contributed by atoms with Crippen molar-refractivity contribution in [3.8, 4) is 11.5 Å². The van der Waals surface area contributed by atoms with E-state index in [1.807, 2.05) is 0 Å². The third kappa shape index (κ3) is 3.35. The topological polar surface area (TPSA) is 102 Å². The first-order chi connectivity index (χ1) is 12.4. The van der Waals surface area contributed by atoms with Gasteiger partial charge in [0.2, 0.25) is 11.8 Å². The fourth-order valence-corrected chi connectivity index (χ4v) is 5.23. The van der Waals surface area contributed by atoms with E-state index in [1.54, 1.807) is 23.1 Å². The summed E-state index contributed by atoms with van der Waals surface area (Å²) in [5.41, 5.74) is 0.665. The number of ether oxygens (including phenoxy) is 2. The SMILES string of the molecule is O=C(N[C@@H]1CCS(=O)(=O)C1)[C@@H]1CC(=O)N(c2ccc3c(c2)OCCO3)C1. The molecule has 1 aromatic rings. The van der Waals surface area contributed by atoms with Crippen molar-refractivity contribution < 1.29 is 27.5 Å². The van der Waals surface area contributed by atoms with E-state index in [2.05, 4.69) is 5.32 Å². The molecule has 1 N–H and O–H groups in total. The Morgan fingerprint density at radius 1 is 1.19 bits per heavy atom. The fourth-order valence-electron chi connectivity index (χ4n) is 3.56. The number of carbonyl (C=O) groups is 2. The maximum Gasteiger partial charge on any atom is 0.227 e. The van der Waals surface area contributed by atoms with Crippen molar-refractivity contribution in [1.29, 1.82) is 0 Å². The zero-order valence-electron chi connectivity index (χ0n) is 14.1. The van der Waals surface area contributed by atoms with Crippen LogP contribution < -0.4 is 19.7 Å². The largest absolute Gasteiger partial charge is 0.486 e. The van der Waals surface area contributed by atoms with E-state index in [1.165, 1.54) is 0 Å². The van der Waals surface area contributed by atoms with Gasteiger partial charge >= 0.3 is 0 Å². The minimum absolute atomic E-state index is 0.0225. The highest BCUT2D eigenvalue weighted by Gasteiger charge is 2.37. The molecule has 4 rings (SSSR count). The predicted octanol–water partition coefficient (Wildman–Crippen LogP) is 0.114. The summed E-state index contributed by atoms with van der Waals surface area (Å²) in [6.45, 7) is 1.22. The average molecular weight is 380 g/mol. The molecule has 0 saturated carbocycles. The Bertz CT molecular complexity index is 853. The Hall–Kier alpha value is -2.29. The molecule has 2 atom stereocenters. The van der Waals surface area contributed by atoms with Crippen LogP contribution in [-0.4, -0.2) is 57.5 Å². The van der Waals surface area contributed by atoms with E-state index >= 15 is 0 Å². The van der Waals surface area contributed by atoms with Crippen molar-refractivity contribution in [2.75, 3.05) is 36.2 Å². The van der Waals surface area contributed by atoms with Crippen molar-refractivity contribution in [3.63, 3.8) is 0 Å². The number of hydrogen-bond donors (Lipinski definition) is 1. The summed E-state index contributed by atoms with van der Waals surface area (Å²) in [6, 6.07) is 4.92. The molecule has 3 heterocycles. The second-order valence-corrected chi connectivity index (χ2v) is 9.07. The van der Waals surface area contributed by atoms with Crippen LogP contribution >= 0.6 is 0 Å². The normalized spacial score (nSPS) is 26.8. The van der Waals surface area contributed by atoms with Gasteiger partial charge in [0.15, 0.2) is 21.3 Å². The number of sulfone groups is 1. The third-order valence-corrected chi connectivity index (χ3v) is 6.68. The highest BCUT2D eigenvalue weighted by atomic mass is 32.2. The predicted molar refractivity (Wildman–Crippen MR) is 93.1 cm³/mol. The van der Waals surface area contributed by atoms with Crippen molar-refractivity contribution in [2.24, 2.45) is 5.92 Å². The van der Waals surface area contributed by atoms with Gasteiger partial charge < -0.3 is 19.7 Å². The minimum Gasteiger partial charge on any atom is -0.486 e. The Morgan fingerprint density at radius 3 is 2.69 bits per heavy atom. The first-order valence-electron chi connectivity index (χ1n) is 8.62. The second-order valence-electron chi connectivity index (χ2n) is 6.84. The van der Waals surface area contributed by atoms with E-state index in [0.717, 1.165) is 0 Å². The molecule has 0 unspecified atom stereocenters. The molecule has 8 nitrogen and oxygen atoms in total. The number of rotatable bonds is 3. The van der Waals surface area contributed by atoms with Crippen molar-refractivity contribution in [2.45, 2.75) is 18.9 Å². The lowest BCUT2D eigenvalue weighted by Crippen LogP contribution is -2.40. The van der Waals surface area contributed by atoms with E-state index in [4.69, 9.17) is 9.47 Å². The van der Waals surface area contributed by atoms with Gasteiger partial charge in [0.25, 0.3) is 0 Å². The lowest BCUT2D eigenvalue weighted by Gasteiger charge is -2.22. The Morgan fingerprint density at radius 2 is 1.96 bits per heavy atom. The summed E-state index contributed by atoms with van der Waals surface area (Å²) in [5, 5.41) is 2.78. The molecule has 3 aliphatic rings. The summed E-state index contributed by atoms with van der Waals surface area (Å²) in [4.78, 5) is 26.4. The van der Waals surface area contributed by atoms with E-state index in [-0.39, 0.29) is 42.3 Å². The molecule has 2 saturated heterocycles. The summed E-state index contributed by atoms with van der Waals surface area (Å²) >= 11 is 0. The van der Waals surface area contributed by atoms with Crippen molar-refractivity contribution in [1.82, 2.24) is 5.32 Å². The maximum atomic E-state index is 12.4. The van der Waals surface area contributed by atoms with Gasteiger partial charge in [-0.15, -0.1) is 0 Å². The van der Waals surface area contributed by atoms with Crippen LogP contribution in [0.1, 0.15) is 12.8 Å². The molecule has 0 bridgehead atoms. The zero-order valence-corrected chi connectivity index (χ0v) is 15.0. The molecule has 3 aliphatic heterocycles. The Labute approximate surface area is 151 Å². The monoisotopic (exact) mass is 380 g/mol. The molecule has 140 valence electrons. The van der Waals surface area contributed by atoms with Gasteiger partial charge in [-0.25, -0.2) is 8.42 Å². The van der Waals surface area contributed by atoms with Gasteiger partial charge in [0.1, 0.15) is 13.2 Å². The van der Waals surface area contributed by atoms with Crippen LogP contribution in [0.15, 0.2) is 18.2 Å². The number of carbonyl (C=O) groups excluding carboxylic acids is 2. The smallest absolute Gasteiger partial charge is 0.227 e. The zero-order chi connectivity index (χ0) is 18.3. The first kappa shape index (κ1) is 17.1. The molecule has 2 fully saturated rings. The van der Waals surface area contributed by atoms with Crippen molar-refractivity contribution >= 4 is 27.3 Å². The fraction of sp³-hybridized carbons (Fsp3) is 0.529. The van der Waals surface area contributed by atoms with E-state index in [9.17, 15) is 18.0 Å². The lowest BCUT2D eigenvalue weighted by molar-refractivity contribution is -0.126. The van der Waals surface area contributed by atoms with Gasteiger partial charge in [0.05, 0.1) is 17.4 Å². The van der Waals surface area contributed by atoms with Gasteiger partial charge in [0, 0.05) is 30.8 Å². The quantitative estimate of drug-likeness (QED) is 0.799. The van der Waals surface area contributed by atoms with Crippen LogP contribution in [-0.2, 0) is 19.4 Å². The van der Waals surface area contributed by atoms with Crippen molar-refractivity contribution in [3.05, 3.63) is 18.2 Å². The van der Waals surface area contributed by atoms with Gasteiger partial charge in [-0.1, -0.05) is 0 Å². The molecule has 0 aliphatic carbocycles. The number of amides is 2. The molecule has 9 heteroatoms. The number of nitrogens with zero attached hydrogens (tertiary/aromatic N) is 1. The second kappa shape index (κ2) is 6.46. The van der Waals surface area contributed by atoms with E-state index < -0.39 is 15.8 Å². The number of nitrogens with one attached hydrogen (secondary N) is 1. The van der Waals surface area contributed by atoms with Gasteiger partial charge in [-0.05, 0) is 18.6 Å². The number of anilines is 1. The highest BCUT2D eigenvalue weighted by molar-refractivity contribution is 7.91. The molecular formula is C17H20N2O6S. The molecular weight excluding hydrogens is 360 g/mol. The Balaban J connectivity index is 1.43. The highest BCUT2D eigenvalue weighted by Crippen LogP contribution is 2.36. The maximum absolute atomic E-state index is 12.4. The molecule has 2 amide bonds. The molecule has 0 radical (unpaired) electrons. The summed E-state index contributed by atoms with van der Waals surface area (Å²) in [7, 11) is -3.06. The number of benzene rings is 1. The van der Waals surface area contributed by atoms with Crippen LogP contribution in [0.3, 0.4) is 0 Å². The lowest BCUT2D eigenvalue weighted by atomic mass is 10.1. The third-order valence-electron chi connectivity index (χ3n) is 4.91. The number of hydrogen-bond acceptors (Lipinski definition) is 6. The Kier molecular flexibility index (Phi) is 4.26. The standard InChI is InChI=1S/C17H20N2O6S/c20-16-7-11(17(21)18-12-3-6-26(22,23)10-12)9-19(16)13-1-2-14-15(8-13)25-5-4-24-14/h1-2,8,11-12H,3-7,9-10H2,(H,18,21)/t11-,12-/m1/s1. The average Bonchev–Trinajstić information content (AvgIpc) is 3.16. The van der Waals surface area contributed by atoms with Crippen LogP contribution in [0.5, 0.6) is 11.5 Å². The summed E-state index contributed by atoms with van der Waals surface area (Å²) < 4.78 is 34.0. The molecule has 0 aromatic heterocycles. The molecule has 0 spiro atoms. The molecule has 26 heavy (non-hydrogen) atoms. The van der Waals surface area contributed by atoms with Crippen LogP contribution in [0.2, 0.25) is 0 Å². The molecule has 1 aromatic carbocycles. The van der Waals surface area contributed by atoms with Crippen LogP contribution in [0, 0.1) is 5.92 Å².